The topological polar surface area (TPSA) is 132 Å². The van der Waals surface area contributed by atoms with E-state index in [0.29, 0.717) is 17.5 Å². The predicted octanol–water partition coefficient (Wildman–Crippen LogP) is 2.87. The highest BCUT2D eigenvalue weighted by Gasteiger charge is 2.47. The van der Waals surface area contributed by atoms with Crippen LogP contribution in [0.15, 0.2) is 30.3 Å². The van der Waals surface area contributed by atoms with Crippen molar-refractivity contribution in [1.29, 1.82) is 0 Å². The van der Waals surface area contributed by atoms with Crippen molar-refractivity contribution < 1.29 is 47.7 Å². The Morgan fingerprint density at radius 1 is 0.750 bits per heavy atom. The zero-order chi connectivity index (χ0) is 26.1. The molecule has 0 aromatic heterocycles. The van der Waals surface area contributed by atoms with Gasteiger partial charge in [-0.15, -0.1) is 0 Å². The second kappa shape index (κ2) is 9.80. The molecule has 0 bridgehead atoms. The Morgan fingerprint density at radius 2 is 1.28 bits per heavy atom. The number of fused-ring (bicyclic) bond motifs is 2. The largest absolute Gasteiger partial charge is 0.465 e. The molecule has 0 N–H and O–H groups in total. The molecular weight excluding hydrogens is 472 g/mol. The van der Waals surface area contributed by atoms with E-state index < -0.39 is 35.7 Å². The minimum Gasteiger partial charge on any atom is -0.465 e. The van der Waals surface area contributed by atoms with E-state index in [4.69, 9.17) is 23.7 Å². The van der Waals surface area contributed by atoms with Gasteiger partial charge >= 0.3 is 29.8 Å². The summed E-state index contributed by atoms with van der Waals surface area (Å²) < 4.78 is 26.4. The highest BCUT2D eigenvalue weighted by molar-refractivity contribution is 5.78. The van der Waals surface area contributed by atoms with E-state index in [9.17, 15) is 24.0 Å². The fourth-order valence-electron chi connectivity index (χ4n) is 4.78. The Balaban J connectivity index is 1.89. The smallest absolute Gasteiger partial charge is 0.309 e. The molecule has 1 fully saturated rings. The molecule has 188 valence electrons. The maximum Gasteiger partial charge on any atom is 0.309 e. The van der Waals surface area contributed by atoms with Crippen LogP contribution in [0.5, 0.6) is 23.0 Å². The third kappa shape index (κ3) is 5.07. The second-order valence-electron chi connectivity index (χ2n) is 8.66. The maximum absolute atomic E-state index is 12.6. The number of hydrogen-bond acceptors (Lipinski definition) is 10. The molecule has 0 radical (unpaired) electrons. The van der Waals surface area contributed by atoms with Gasteiger partial charge in [0.15, 0.2) is 23.0 Å². The van der Waals surface area contributed by atoms with Gasteiger partial charge in [-0.05, 0) is 47.4 Å². The minimum atomic E-state index is -0.606. The number of benzene rings is 2. The van der Waals surface area contributed by atoms with E-state index in [1.807, 2.05) is 0 Å². The van der Waals surface area contributed by atoms with Crippen LogP contribution in [0.3, 0.4) is 0 Å². The number of esters is 5. The van der Waals surface area contributed by atoms with E-state index in [2.05, 4.69) is 0 Å². The molecule has 0 saturated carbocycles. The van der Waals surface area contributed by atoms with Crippen molar-refractivity contribution in [3.63, 3.8) is 0 Å². The number of carbonyl (C=O) groups excluding carboxylic acids is 5. The number of rotatable bonds is 5. The maximum atomic E-state index is 12.6. The second-order valence-corrected chi connectivity index (χ2v) is 8.66. The third-order valence-corrected chi connectivity index (χ3v) is 5.99. The van der Waals surface area contributed by atoms with Gasteiger partial charge in [-0.1, -0.05) is 6.07 Å². The van der Waals surface area contributed by atoms with E-state index in [-0.39, 0.29) is 41.5 Å². The average molecular weight is 496 g/mol. The standard InChI is InChI=1S/C26H24O10/c1-12(27)33-21-6-5-16(8-22(21)34-13(2)28)25-18-10-24(36-15(4)30)23(35-14(3)29)9-17(18)7-19-20(25)11-32-26(19)31/h5-6,8-10,19-20,25H,7,11H2,1-4H3/t19-,20-,25-/m0/s1. The molecule has 2 aromatic carbocycles. The highest BCUT2D eigenvalue weighted by Crippen LogP contribution is 2.50. The van der Waals surface area contributed by atoms with Crippen molar-refractivity contribution in [2.24, 2.45) is 11.8 Å². The molecule has 0 unspecified atom stereocenters. The lowest BCUT2D eigenvalue weighted by atomic mass is 9.67. The molecule has 0 spiro atoms. The van der Waals surface area contributed by atoms with Gasteiger partial charge in [0.2, 0.25) is 0 Å². The molecule has 10 nitrogen and oxygen atoms in total. The molecule has 1 saturated heterocycles. The quantitative estimate of drug-likeness (QED) is 0.450. The third-order valence-electron chi connectivity index (χ3n) is 5.99. The molecule has 1 heterocycles. The summed E-state index contributed by atoms with van der Waals surface area (Å²) in [6.07, 6.45) is 0.340. The molecule has 10 heteroatoms. The molecule has 3 atom stereocenters. The average Bonchev–Trinajstić information content (AvgIpc) is 3.13. The summed E-state index contributed by atoms with van der Waals surface area (Å²) in [4.78, 5) is 59.2. The molecule has 1 aliphatic carbocycles. The Morgan fingerprint density at radius 3 is 1.86 bits per heavy atom. The van der Waals surface area contributed by atoms with Crippen molar-refractivity contribution in [2.45, 2.75) is 40.0 Å². The summed E-state index contributed by atoms with van der Waals surface area (Å²) >= 11 is 0. The van der Waals surface area contributed by atoms with Gasteiger partial charge in [-0.2, -0.15) is 0 Å². The van der Waals surface area contributed by atoms with Crippen LogP contribution < -0.4 is 18.9 Å². The first-order valence-electron chi connectivity index (χ1n) is 11.2. The van der Waals surface area contributed by atoms with Crippen molar-refractivity contribution in [3.8, 4) is 23.0 Å². The zero-order valence-corrected chi connectivity index (χ0v) is 20.1. The Labute approximate surface area is 206 Å². The van der Waals surface area contributed by atoms with Crippen LogP contribution >= 0.6 is 0 Å². The van der Waals surface area contributed by atoms with E-state index in [1.165, 1.54) is 33.8 Å². The van der Waals surface area contributed by atoms with Crippen LogP contribution in [0.1, 0.15) is 50.3 Å². The van der Waals surface area contributed by atoms with Crippen molar-refractivity contribution in [1.82, 2.24) is 0 Å². The van der Waals surface area contributed by atoms with Crippen LogP contribution in [0, 0.1) is 11.8 Å². The van der Waals surface area contributed by atoms with E-state index in [0.717, 1.165) is 5.56 Å². The summed E-state index contributed by atoms with van der Waals surface area (Å²) in [7, 11) is 0. The first-order chi connectivity index (χ1) is 17.0. The van der Waals surface area contributed by atoms with Gasteiger partial charge in [0.05, 0.1) is 12.5 Å². The molecule has 36 heavy (non-hydrogen) atoms. The van der Waals surface area contributed by atoms with Crippen molar-refractivity contribution in [2.75, 3.05) is 6.61 Å². The highest BCUT2D eigenvalue weighted by atomic mass is 16.6. The van der Waals surface area contributed by atoms with Crippen molar-refractivity contribution >= 4 is 29.8 Å². The zero-order valence-electron chi connectivity index (χ0n) is 20.1. The summed E-state index contributed by atoms with van der Waals surface area (Å²) in [5.74, 6) is -3.67. The molecule has 4 rings (SSSR count). The van der Waals surface area contributed by atoms with Crippen LogP contribution in [0.2, 0.25) is 0 Å². The first-order valence-corrected chi connectivity index (χ1v) is 11.2. The molecule has 2 aliphatic rings. The van der Waals surface area contributed by atoms with E-state index in [1.54, 1.807) is 24.3 Å². The SMILES string of the molecule is CC(=O)Oc1ccc([C@H]2c3cc(OC(C)=O)c(OC(C)=O)cc3C[C@@H]3C(=O)OC[C@H]23)cc1OC(C)=O. The van der Waals surface area contributed by atoms with Gasteiger partial charge in [-0.3, -0.25) is 24.0 Å². The number of carbonyl (C=O) groups is 5. The Hall–Kier alpha value is -4.21. The first kappa shape index (κ1) is 24.9. The fraction of sp³-hybridized carbons (Fsp3) is 0.346. The summed E-state index contributed by atoms with van der Waals surface area (Å²) in [5.41, 5.74) is 2.10. The fourth-order valence-corrected chi connectivity index (χ4v) is 4.78. The van der Waals surface area contributed by atoms with Gasteiger partial charge < -0.3 is 23.7 Å². The molecular formula is C26H24O10. The predicted molar refractivity (Wildman–Crippen MR) is 122 cm³/mol. The minimum absolute atomic E-state index is 0.0425. The Bertz CT molecular complexity index is 1280. The van der Waals surface area contributed by atoms with Gasteiger partial charge in [0, 0.05) is 39.5 Å². The van der Waals surface area contributed by atoms with Gasteiger partial charge in [-0.25, -0.2) is 0 Å². The summed E-state index contributed by atoms with van der Waals surface area (Å²) in [6.45, 7) is 5.07. The van der Waals surface area contributed by atoms with Crippen molar-refractivity contribution in [3.05, 3.63) is 47.0 Å². The van der Waals surface area contributed by atoms with Gasteiger partial charge in [0.1, 0.15) is 0 Å². The monoisotopic (exact) mass is 496 g/mol. The summed E-state index contributed by atoms with van der Waals surface area (Å²) in [5, 5.41) is 0. The lowest BCUT2D eigenvalue weighted by molar-refractivity contribution is -0.141. The Kier molecular flexibility index (Phi) is 6.78. The van der Waals surface area contributed by atoms with Crippen LogP contribution in [0.25, 0.3) is 0 Å². The van der Waals surface area contributed by atoms with Gasteiger partial charge in [0.25, 0.3) is 0 Å². The van der Waals surface area contributed by atoms with Crippen LogP contribution in [-0.4, -0.2) is 36.5 Å². The normalized spacial score (nSPS) is 19.9. The lowest BCUT2D eigenvalue weighted by Crippen LogP contribution is -2.31. The van der Waals surface area contributed by atoms with Crippen LogP contribution in [-0.2, 0) is 35.1 Å². The molecule has 0 amide bonds. The lowest BCUT2D eigenvalue weighted by Gasteiger charge is -2.34. The van der Waals surface area contributed by atoms with Crippen LogP contribution in [0.4, 0.5) is 0 Å². The number of hydrogen-bond donors (Lipinski definition) is 0. The number of ether oxygens (including phenoxy) is 5. The number of cyclic esters (lactones) is 1. The van der Waals surface area contributed by atoms with E-state index >= 15 is 0 Å². The molecule has 2 aromatic rings. The molecule has 1 aliphatic heterocycles. The summed E-state index contributed by atoms with van der Waals surface area (Å²) in [6, 6.07) is 7.99.